The van der Waals surface area contributed by atoms with Gasteiger partial charge in [0.15, 0.2) is 0 Å². The number of halogens is 2. The van der Waals surface area contributed by atoms with E-state index in [1.807, 2.05) is 19.9 Å². The van der Waals surface area contributed by atoms with Crippen molar-refractivity contribution in [3.05, 3.63) is 26.6 Å². The Labute approximate surface area is 132 Å². The van der Waals surface area contributed by atoms with E-state index in [1.54, 1.807) is 13.1 Å². The van der Waals surface area contributed by atoms with Crippen LogP contribution in [-0.2, 0) is 10.0 Å². The molecule has 6 heteroatoms. The molecule has 1 atom stereocenters. The molecule has 0 aliphatic heterocycles. The molecule has 0 spiro atoms. The molecule has 19 heavy (non-hydrogen) atoms. The SMILES string of the molecule is CCCC(C)N(C)S(=O)(=O)c1cc(Br)c(C)cc1Br. The molecule has 0 fully saturated rings. The van der Waals surface area contributed by atoms with E-state index in [-0.39, 0.29) is 6.04 Å². The van der Waals surface area contributed by atoms with Crippen LogP contribution in [0.15, 0.2) is 26.0 Å². The van der Waals surface area contributed by atoms with Gasteiger partial charge in [-0.05, 0) is 53.9 Å². The first-order chi connectivity index (χ1) is 8.71. The molecule has 1 rings (SSSR count). The van der Waals surface area contributed by atoms with Crippen LogP contribution < -0.4 is 0 Å². The predicted molar refractivity (Wildman–Crippen MR) is 85.9 cm³/mol. The molecule has 1 aromatic carbocycles. The topological polar surface area (TPSA) is 37.4 Å². The fraction of sp³-hybridized carbons (Fsp3) is 0.538. The van der Waals surface area contributed by atoms with Crippen molar-refractivity contribution in [3.63, 3.8) is 0 Å². The van der Waals surface area contributed by atoms with E-state index in [9.17, 15) is 8.42 Å². The van der Waals surface area contributed by atoms with Crippen molar-refractivity contribution in [1.82, 2.24) is 4.31 Å². The number of aryl methyl sites for hydroxylation is 1. The second-order valence-electron chi connectivity index (χ2n) is 4.69. The van der Waals surface area contributed by atoms with Crippen molar-refractivity contribution in [3.8, 4) is 0 Å². The summed E-state index contributed by atoms with van der Waals surface area (Å²) in [4.78, 5) is 0.301. The van der Waals surface area contributed by atoms with Crippen molar-refractivity contribution in [1.29, 1.82) is 0 Å². The summed E-state index contributed by atoms with van der Waals surface area (Å²) >= 11 is 6.73. The number of hydrogen-bond donors (Lipinski definition) is 0. The molecule has 0 heterocycles. The minimum atomic E-state index is -3.47. The molecule has 0 aliphatic carbocycles. The Hall–Kier alpha value is 0.0900. The Morgan fingerprint density at radius 2 is 1.84 bits per heavy atom. The highest BCUT2D eigenvalue weighted by Crippen LogP contribution is 2.31. The molecule has 3 nitrogen and oxygen atoms in total. The molecule has 0 radical (unpaired) electrons. The van der Waals surface area contributed by atoms with Gasteiger partial charge in [0.2, 0.25) is 10.0 Å². The monoisotopic (exact) mass is 411 g/mol. The van der Waals surface area contributed by atoms with Gasteiger partial charge in [-0.1, -0.05) is 29.3 Å². The summed E-state index contributed by atoms with van der Waals surface area (Å²) in [6.07, 6.45) is 1.81. The summed E-state index contributed by atoms with van der Waals surface area (Å²) in [6, 6.07) is 3.46. The van der Waals surface area contributed by atoms with Gasteiger partial charge in [0.05, 0.1) is 4.90 Å². The lowest BCUT2D eigenvalue weighted by atomic mass is 10.2. The van der Waals surface area contributed by atoms with Crippen LogP contribution in [0.3, 0.4) is 0 Å². The van der Waals surface area contributed by atoms with E-state index in [4.69, 9.17) is 0 Å². The molecule has 0 bridgehead atoms. The summed E-state index contributed by atoms with van der Waals surface area (Å²) in [7, 11) is -1.84. The first kappa shape index (κ1) is 17.1. The maximum Gasteiger partial charge on any atom is 0.244 e. The fourth-order valence-electron chi connectivity index (χ4n) is 1.82. The van der Waals surface area contributed by atoms with Gasteiger partial charge in [0.1, 0.15) is 0 Å². The Morgan fingerprint density at radius 1 is 1.26 bits per heavy atom. The van der Waals surface area contributed by atoms with Gasteiger partial charge in [-0.25, -0.2) is 8.42 Å². The molecular weight excluding hydrogens is 394 g/mol. The first-order valence-electron chi connectivity index (χ1n) is 6.15. The third kappa shape index (κ3) is 3.80. The zero-order chi connectivity index (χ0) is 14.8. The van der Waals surface area contributed by atoms with E-state index in [0.29, 0.717) is 9.37 Å². The number of sulfonamides is 1. The Morgan fingerprint density at radius 3 is 2.37 bits per heavy atom. The zero-order valence-corrected chi connectivity index (χ0v) is 15.6. The van der Waals surface area contributed by atoms with Crippen LogP contribution in [0.2, 0.25) is 0 Å². The molecular formula is C13H19Br2NO2S. The maximum atomic E-state index is 12.6. The smallest absolute Gasteiger partial charge is 0.207 e. The van der Waals surface area contributed by atoms with E-state index in [2.05, 4.69) is 38.8 Å². The van der Waals surface area contributed by atoms with Crippen LogP contribution in [0.5, 0.6) is 0 Å². The second kappa shape index (κ2) is 6.70. The Balaban J connectivity index is 3.24. The van der Waals surface area contributed by atoms with Crippen LogP contribution >= 0.6 is 31.9 Å². The van der Waals surface area contributed by atoms with E-state index in [1.165, 1.54) is 4.31 Å². The molecule has 0 aromatic heterocycles. The summed E-state index contributed by atoms with van der Waals surface area (Å²) in [5, 5.41) is 0. The molecule has 1 aromatic rings. The first-order valence-corrected chi connectivity index (χ1v) is 9.18. The second-order valence-corrected chi connectivity index (χ2v) is 8.37. The summed E-state index contributed by atoms with van der Waals surface area (Å²) < 4.78 is 28.1. The minimum absolute atomic E-state index is 0.0121. The number of benzene rings is 1. The lowest BCUT2D eigenvalue weighted by Gasteiger charge is -2.24. The van der Waals surface area contributed by atoms with E-state index >= 15 is 0 Å². The molecule has 0 saturated carbocycles. The number of hydrogen-bond acceptors (Lipinski definition) is 2. The summed E-state index contributed by atoms with van der Waals surface area (Å²) in [5.74, 6) is 0. The van der Waals surface area contributed by atoms with Crippen LogP contribution in [0, 0.1) is 6.92 Å². The maximum absolute atomic E-state index is 12.6. The van der Waals surface area contributed by atoms with E-state index < -0.39 is 10.0 Å². The lowest BCUT2D eigenvalue weighted by molar-refractivity contribution is 0.368. The van der Waals surface area contributed by atoms with Crippen LogP contribution in [-0.4, -0.2) is 25.8 Å². The van der Waals surface area contributed by atoms with Crippen LogP contribution in [0.4, 0.5) is 0 Å². The highest BCUT2D eigenvalue weighted by Gasteiger charge is 2.27. The molecule has 108 valence electrons. The standard InChI is InChI=1S/C13H19Br2NO2S/c1-5-6-10(3)16(4)19(17,18)13-8-11(14)9(2)7-12(13)15/h7-8,10H,5-6H2,1-4H3. The van der Waals surface area contributed by atoms with Crippen molar-refractivity contribution < 1.29 is 8.42 Å². The summed E-state index contributed by atoms with van der Waals surface area (Å²) in [5.41, 5.74) is 0.995. The zero-order valence-electron chi connectivity index (χ0n) is 11.6. The Bertz CT molecular complexity index is 558. The van der Waals surface area contributed by atoms with Gasteiger partial charge in [0, 0.05) is 22.0 Å². The van der Waals surface area contributed by atoms with Crippen molar-refractivity contribution in [2.75, 3.05) is 7.05 Å². The number of nitrogens with zero attached hydrogens (tertiary/aromatic N) is 1. The van der Waals surface area contributed by atoms with Crippen LogP contribution in [0.1, 0.15) is 32.3 Å². The van der Waals surface area contributed by atoms with Gasteiger partial charge >= 0.3 is 0 Å². The molecule has 1 unspecified atom stereocenters. The molecule has 0 aliphatic rings. The van der Waals surface area contributed by atoms with E-state index in [0.717, 1.165) is 22.9 Å². The molecule has 0 saturated heterocycles. The van der Waals surface area contributed by atoms with Crippen molar-refractivity contribution in [2.45, 2.75) is 44.6 Å². The fourth-order valence-corrected chi connectivity index (χ4v) is 4.85. The molecule has 0 N–H and O–H groups in total. The third-order valence-corrected chi connectivity index (χ3v) is 6.98. The highest BCUT2D eigenvalue weighted by molar-refractivity contribution is 9.11. The quantitative estimate of drug-likeness (QED) is 0.721. The largest absolute Gasteiger partial charge is 0.244 e. The van der Waals surface area contributed by atoms with Gasteiger partial charge in [-0.2, -0.15) is 4.31 Å². The average molecular weight is 413 g/mol. The number of rotatable bonds is 5. The minimum Gasteiger partial charge on any atom is -0.207 e. The Kier molecular flexibility index (Phi) is 6.04. The van der Waals surface area contributed by atoms with Crippen molar-refractivity contribution in [2.24, 2.45) is 0 Å². The predicted octanol–water partition coefficient (Wildman–Crippen LogP) is 4.33. The summed E-state index contributed by atoms with van der Waals surface area (Å²) in [6.45, 7) is 5.90. The van der Waals surface area contributed by atoms with Gasteiger partial charge in [-0.15, -0.1) is 0 Å². The normalized spacial score (nSPS) is 13.8. The average Bonchev–Trinajstić information content (AvgIpc) is 2.32. The van der Waals surface area contributed by atoms with Gasteiger partial charge in [0.25, 0.3) is 0 Å². The van der Waals surface area contributed by atoms with Crippen LogP contribution in [0.25, 0.3) is 0 Å². The van der Waals surface area contributed by atoms with Crippen molar-refractivity contribution >= 4 is 41.9 Å². The lowest BCUT2D eigenvalue weighted by Crippen LogP contribution is -2.35. The van der Waals surface area contributed by atoms with Gasteiger partial charge < -0.3 is 0 Å². The highest BCUT2D eigenvalue weighted by atomic mass is 79.9. The molecule has 0 amide bonds. The third-order valence-electron chi connectivity index (χ3n) is 3.20. The van der Waals surface area contributed by atoms with Gasteiger partial charge in [-0.3, -0.25) is 0 Å².